The summed E-state index contributed by atoms with van der Waals surface area (Å²) in [4.78, 5) is 17.1. The van der Waals surface area contributed by atoms with Crippen LogP contribution in [0.1, 0.15) is 57.6 Å². The largest absolute Gasteiger partial charge is 0.439 e. The monoisotopic (exact) mass is 378 g/mol. The van der Waals surface area contributed by atoms with E-state index in [2.05, 4.69) is 18.7 Å². The summed E-state index contributed by atoms with van der Waals surface area (Å²) in [5, 5.41) is 0.705. The van der Waals surface area contributed by atoms with Crippen molar-refractivity contribution in [1.29, 1.82) is 0 Å². The van der Waals surface area contributed by atoms with Crippen LogP contribution < -0.4 is 0 Å². The fraction of sp³-hybridized carbons (Fsp3) is 0.667. The summed E-state index contributed by atoms with van der Waals surface area (Å²) in [6.45, 7) is 8.66. The van der Waals surface area contributed by atoms with Gasteiger partial charge in [-0.2, -0.15) is 0 Å². The maximum Gasteiger partial charge on any atom is 0.410 e. The van der Waals surface area contributed by atoms with Gasteiger partial charge in [-0.25, -0.2) is 4.79 Å². The fourth-order valence-corrected chi connectivity index (χ4v) is 4.26. The van der Waals surface area contributed by atoms with E-state index in [9.17, 15) is 4.79 Å². The van der Waals surface area contributed by atoms with E-state index >= 15 is 0 Å². The standard InChI is InChI=1S/C21H31ClN2O2/c1-16(2)15-19-20(17-7-9-18(22)10-8-17)26-21(25)24(19)14-6-13-23-11-4-3-5-12-23/h7-10,16,19-20H,3-6,11-15H2,1-2H3. The van der Waals surface area contributed by atoms with E-state index in [1.165, 1.54) is 32.4 Å². The lowest BCUT2D eigenvalue weighted by Gasteiger charge is -2.29. The lowest BCUT2D eigenvalue weighted by Crippen LogP contribution is -2.38. The first-order valence-electron chi connectivity index (χ1n) is 9.99. The first-order chi connectivity index (χ1) is 12.5. The highest BCUT2D eigenvalue weighted by molar-refractivity contribution is 6.30. The van der Waals surface area contributed by atoms with Crippen molar-refractivity contribution in [3.8, 4) is 0 Å². The van der Waals surface area contributed by atoms with Crippen LogP contribution in [0.25, 0.3) is 0 Å². The van der Waals surface area contributed by atoms with Gasteiger partial charge in [0.25, 0.3) is 0 Å². The van der Waals surface area contributed by atoms with Crippen LogP contribution in [0.15, 0.2) is 24.3 Å². The first kappa shape index (κ1) is 19.5. The van der Waals surface area contributed by atoms with Crippen LogP contribution in [-0.4, -0.2) is 48.1 Å². The van der Waals surface area contributed by atoms with Gasteiger partial charge in [-0.15, -0.1) is 0 Å². The fourth-order valence-electron chi connectivity index (χ4n) is 4.13. The summed E-state index contributed by atoms with van der Waals surface area (Å²) in [7, 11) is 0. The Morgan fingerprint density at radius 1 is 1.12 bits per heavy atom. The van der Waals surface area contributed by atoms with Crippen LogP contribution >= 0.6 is 11.6 Å². The summed E-state index contributed by atoms with van der Waals surface area (Å²) >= 11 is 6.02. The molecule has 1 aromatic carbocycles. The molecule has 4 nitrogen and oxygen atoms in total. The van der Waals surface area contributed by atoms with Gasteiger partial charge in [0.2, 0.25) is 0 Å². The molecular formula is C21H31ClN2O2. The van der Waals surface area contributed by atoms with Crippen LogP contribution in [0.5, 0.6) is 0 Å². The number of carbonyl (C=O) groups excluding carboxylic acids is 1. The van der Waals surface area contributed by atoms with Crippen molar-refractivity contribution in [1.82, 2.24) is 9.80 Å². The molecule has 2 aliphatic heterocycles. The minimum atomic E-state index is -0.197. The van der Waals surface area contributed by atoms with Crippen molar-refractivity contribution < 1.29 is 9.53 Å². The molecule has 0 radical (unpaired) electrons. The molecule has 2 fully saturated rings. The van der Waals surface area contributed by atoms with Crippen LogP contribution in [0.3, 0.4) is 0 Å². The van der Waals surface area contributed by atoms with Gasteiger partial charge >= 0.3 is 6.09 Å². The average Bonchev–Trinajstić information content (AvgIpc) is 2.92. The molecule has 1 aromatic rings. The Bertz CT molecular complexity index is 584. The quantitative estimate of drug-likeness (QED) is 0.659. The summed E-state index contributed by atoms with van der Waals surface area (Å²) < 4.78 is 5.79. The predicted molar refractivity (Wildman–Crippen MR) is 106 cm³/mol. The van der Waals surface area contributed by atoms with E-state index in [-0.39, 0.29) is 18.2 Å². The van der Waals surface area contributed by atoms with Gasteiger partial charge in [0.15, 0.2) is 0 Å². The smallest absolute Gasteiger partial charge is 0.410 e. The van der Waals surface area contributed by atoms with Crippen molar-refractivity contribution in [2.24, 2.45) is 5.92 Å². The molecule has 0 aromatic heterocycles. The zero-order valence-corrected chi connectivity index (χ0v) is 16.8. The highest BCUT2D eigenvalue weighted by Crippen LogP contribution is 2.36. The summed E-state index contributed by atoms with van der Waals surface area (Å²) in [5.41, 5.74) is 1.03. The molecule has 1 amide bonds. The van der Waals surface area contributed by atoms with E-state index in [0.717, 1.165) is 31.5 Å². The zero-order valence-electron chi connectivity index (χ0n) is 16.0. The number of carbonyl (C=O) groups is 1. The van der Waals surface area contributed by atoms with E-state index in [1.807, 2.05) is 29.2 Å². The van der Waals surface area contributed by atoms with Gasteiger partial charge in [0, 0.05) is 11.6 Å². The Hall–Kier alpha value is -1.26. The molecule has 0 aliphatic carbocycles. The van der Waals surface area contributed by atoms with Gasteiger partial charge in [-0.1, -0.05) is 44.0 Å². The van der Waals surface area contributed by atoms with Crippen molar-refractivity contribution in [3.63, 3.8) is 0 Å². The van der Waals surface area contributed by atoms with Gasteiger partial charge in [0.05, 0.1) is 6.04 Å². The van der Waals surface area contributed by atoms with Crippen molar-refractivity contribution >= 4 is 17.7 Å². The Labute approximate surface area is 162 Å². The van der Waals surface area contributed by atoms with E-state index < -0.39 is 0 Å². The second-order valence-electron chi connectivity index (χ2n) is 8.00. The van der Waals surface area contributed by atoms with Crippen LogP contribution in [0, 0.1) is 5.92 Å². The minimum absolute atomic E-state index is 0.102. The zero-order chi connectivity index (χ0) is 18.5. The number of benzene rings is 1. The number of likely N-dealkylation sites (tertiary alicyclic amines) is 1. The van der Waals surface area contributed by atoms with Crippen LogP contribution in [0.2, 0.25) is 5.02 Å². The maximum absolute atomic E-state index is 12.6. The van der Waals surface area contributed by atoms with Crippen molar-refractivity contribution in [3.05, 3.63) is 34.9 Å². The molecule has 0 saturated carbocycles. The molecule has 0 spiro atoms. The summed E-state index contributed by atoms with van der Waals surface area (Å²) in [5.74, 6) is 0.508. The van der Waals surface area contributed by atoms with Crippen LogP contribution in [0.4, 0.5) is 4.79 Å². The van der Waals surface area contributed by atoms with Crippen LogP contribution in [-0.2, 0) is 4.74 Å². The van der Waals surface area contributed by atoms with Gasteiger partial charge in [-0.05, 0) is 68.9 Å². The maximum atomic E-state index is 12.6. The molecule has 26 heavy (non-hydrogen) atoms. The number of nitrogens with zero attached hydrogens (tertiary/aromatic N) is 2. The Morgan fingerprint density at radius 2 is 1.81 bits per heavy atom. The first-order valence-corrected chi connectivity index (χ1v) is 10.4. The number of halogens is 1. The molecule has 2 unspecified atom stereocenters. The molecule has 3 rings (SSSR count). The molecule has 0 N–H and O–H groups in total. The number of cyclic esters (lactones) is 1. The number of amides is 1. The summed E-state index contributed by atoms with van der Waals surface area (Å²) in [6.07, 6.45) is 5.56. The molecule has 2 saturated heterocycles. The molecule has 2 aliphatic rings. The number of hydrogen-bond acceptors (Lipinski definition) is 3. The highest BCUT2D eigenvalue weighted by atomic mass is 35.5. The topological polar surface area (TPSA) is 32.8 Å². The molecule has 144 valence electrons. The van der Waals surface area contributed by atoms with E-state index in [1.54, 1.807) is 0 Å². The SMILES string of the molecule is CC(C)CC1C(c2ccc(Cl)cc2)OC(=O)N1CCCN1CCCCC1. The molecule has 0 bridgehead atoms. The number of hydrogen-bond donors (Lipinski definition) is 0. The molecule has 2 atom stereocenters. The highest BCUT2D eigenvalue weighted by Gasteiger charge is 2.42. The minimum Gasteiger partial charge on any atom is -0.439 e. The summed E-state index contributed by atoms with van der Waals surface area (Å²) in [6, 6.07) is 7.80. The lowest BCUT2D eigenvalue weighted by atomic mass is 9.94. The van der Waals surface area contributed by atoms with Gasteiger partial charge in [0.1, 0.15) is 6.10 Å². The molecular weight excluding hydrogens is 348 g/mol. The molecule has 2 heterocycles. The third kappa shape index (κ3) is 4.92. The third-order valence-corrected chi connectivity index (χ3v) is 5.70. The number of ether oxygens (including phenoxy) is 1. The van der Waals surface area contributed by atoms with Crippen molar-refractivity contribution in [2.45, 2.75) is 58.1 Å². The second kappa shape index (κ2) is 9.09. The average molecular weight is 379 g/mol. The predicted octanol–water partition coefficient (Wildman–Crippen LogP) is 5.12. The number of piperidine rings is 1. The number of rotatable bonds is 7. The van der Waals surface area contributed by atoms with E-state index in [4.69, 9.17) is 16.3 Å². The van der Waals surface area contributed by atoms with Gasteiger partial charge < -0.3 is 14.5 Å². The van der Waals surface area contributed by atoms with Gasteiger partial charge in [-0.3, -0.25) is 0 Å². The second-order valence-corrected chi connectivity index (χ2v) is 8.44. The Balaban J connectivity index is 1.64. The third-order valence-electron chi connectivity index (χ3n) is 5.45. The Morgan fingerprint density at radius 3 is 2.46 bits per heavy atom. The van der Waals surface area contributed by atoms with E-state index in [0.29, 0.717) is 10.9 Å². The Kier molecular flexibility index (Phi) is 6.82. The normalized spacial score (nSPS) is 24.3. The van der Waals surface area contributed by atoms with Crippen molar-refractivity contribution in [2.75, 3.05) is 26.2 Å². The lowest BCUT2D eigenvalue weighted by molar-refractivity contribution is 0.128. The molecule has 5 heteroatoms.